The maximum Gasteiger partial charge on any atom is 0.294 e. The van der Waals surface area contributed by atoms with Crippen molar-refractivity contribution in [2.45, 2.75) is 13.5 Å². The molecule has 0 unspecified atom stereocenters. The molecule has 3 aromatic carbocycles. The number of nitriles is 1. The summed E-state index contributed by atoms with van der Waals surface area (Å²) < 4.78 is 12.3. The van der Waals surface area contributed by atoms with Crippen molar-refractivity contribution in [3.8, 4) is 17.6 Å². The van der Waals surface area contributed by atoms with E-state index in [1.807, 2.05) is 25.1 Å². The molecule has 1 saturated heterocycles. The van der Waals surface area contributed by atoms with Crippen LogP contribution in [0.25, 0.3) is 6.08 Å². The number of thioether (sulfide) groups is 1. The largest absolute Gasteiger partial charge is 0.490 e. The molecule has 1 aliphatic heterocycles. The molecular formula is C28H22BrN3O5S. The highest BCUT2D eigenvalue weighted by atomic mass is 79.9. The van der Waals surface area contributed by atoms with E-state index in [0.717, 1.165) is 22.2 Å². The molecule has 1 aliphatic rings. The van der Waals surface area contributed by atoms with Crippen LogP contribution in [0.5, 0.6) is 11.5 Å². The number of amides is 3. The second kappa shape index (κ2) is 12.4. The van der Waals surface area contributed by atoms with Gasteiger partial charge in [-0.1, -0.05) is 36.4 Å². The molecule has 0 spiro atoms. The van der Waals surface area contributed by atoms with Gasteiger partial charge in [0.05, 0.1) is 28.8 Å². The zero-order valence-electron chi connectivity index (χ0n) is 20.3. The number of nitrogens with one attached hydrogen (secondary N) is 1. The molecule has 0 radical (unpaired) electrons. The van der Waals surface area contributed by atoms with Crippen molar-refractivity contribution in [2.24, 2.45) is 0 Å². The maximum absolute atomic E-state index is 12.9. The van der Waals surface area contributed by atoms with E-state index in [0.29, 0.717) is 39.4 Å². The Labute approximate surface area is 232 Å². The van der Waals surface area contributed by atoms with Gasteiger partial charge in [0, 0.05) is 10.0 Å². The van der Waals surface area contributed by atoms with Gasteiger partial charge in [0.2, 0.25) is 5.91 Å². The van der Waals surface area contributed by atoms with E-state index in [4.69, 9.17) is 9.47 Å². The van der Waals surface area contributed by atoms with Crippen molar-refractivity contribution in [1.29, 1.82) is 5.26 Å². The molecule has 0 aromatic heterocycles. The monoisotopic (exact) mass is 591 g/mol. The number of carbonyl (C=O) groups is 3. The summed E-state index contributed by atoms with van der Waals surface area (Å²) in [5.74, 6) is -0.0939. The van der Waals surface area contributed by atoms with Crippen LogP contribution in [0.4, 0.5) is 10.5 Å². The molecule has 4 rings (SSSR count). The van der Waals surface area contributed by atoms with Crippen LogP contribution in [0.3, 0.4) is 0 Å². The number of halogens is 1. The Hall–Kier alpha value is -4.07. The fourth-order valence-corrected chi connectivity index (χ4v) is 4.82. The van der Waals surface area contributed by atoms with Crippen molar-refractivity contribution in [1.82, 2.24) is 4.90 Å². The van der Waals surface area contributed by atoms with Gasteiger partial charge in [-0.15, -0.1) is 0 Å². The van der Waals surface area contributed by atoms with Gasteiger partial charge in [-0.2, -0.15) is 5.26 Å². The summed E-state index contributed by atoms with van der Waals surface area (Å²) in [4.78, 5) is 39.0. The summed E-state index contributed by atoms with van der Waals surface area (Å²) in [7, 11) is 0. The zero-order chi connectivity index (χ0) is 27.1. The second-order valence-electron chi connectivity index (χ2n) is 7.99. The SMILES string of the molecule is CCOc1cc(/C=C2/SC(=O)N(CC(=O)Nc3ccccc3Br)C2=O)ccc1OCc1ccccc1C#N. The number of ether oxygens (including phenoxy) is 2. The normalized spacial score (nSPS) is 13.9. The minimum Gasteiger partial charge on any atom is -0.490 e. The quantitative estimate of drug-likeness (QED) is 0.305. The van der Waals surface area contributed by atoms with Crippen LogP contribution in [0.15, 0.2) is 76.1 Å². The molecule has 192 valence electrons. The van der Waals surface area contributed by atoms with E-state index >= 15 is 0 Å². The van der Waals surface area contributed by atoms with Crippen LogP contribution >= 0.6 is 27.7 Å². The molecule has 0 bridgehead atoms. The van der Waals surface area contributed by atoms with Gasteiger partial charge in [-0.05, 0) is 76.6 Å². The topological polar surface area (TPSA) is 109 Å². The number of imide groups is 1. The highest BCUT2D eigenvalue weighted by molar-refractivity contribution is 9.10. The summed E-state index contributed by atoms with van der Waals surface area (Å²) in [5.41, 5.74) is 2.45. The lowest BCUT2D eigenvalue weighted by Crippen LogP contribution is -2.36. The molecule has 3 aromatic rings. The van der Waals surface area contributed by atoms with Gasteiger partial charge < -0.3 is 14.8 Å². The molecule has 3 amide bonds. The lowest BCUT2D eigenvalue weighted by molar-refractivity contribution is -0.127. The van der Waals surface area contributed by atoms with Crippen LogP contribution in [0.1, 0.15) is 23.6 Å². The van der Waals surface area contributed by atoms with Crippen LogP contribution < -0.4 is 14.8 Å². The average Bonchev–Trinajstić information content (AvgIpc) is 3.17. The number of para-hydroxylation sites is 1. The molecule has 38 heavy (non-hydrogen) atoms. The van der Waals surface area contributed by atoms with Gasteiger partial charge >= 0.3 is 0 Å². The Morgan fingerprint density at radius 3 is 2.61 bits per heavy atom. The Morgan fingerprint density at radius 2 is 1.84 bits per heavy atom. The van der Waals surface area contributed by atoms with Gasteiger partial charge in [0.1, 0.15) is 13.2 Å². The van der Waals surface area contributed by atoms with Crippen molar-refractivity contribution in [3.05, 3.63) is 92.8 Å². The van der Waals surface area contributed by atoms with Gasteiger partial charge in [0.25, 0.3) is 11.1 Å². The average molecular weight is 592 g/mol. The number of nitrogens with zero attached hydrogens (tertiary/aromatic N) is 2. The van der Waals surface area contributed by atoms with E-state index < -0.39 is 23.6 Å². The number of rotatable bonds is 9. The Balaban J connectivity index is 1.47. The highest BCUT2D eigenvalue weighted by Crippen LogP contribution is 2.35. The molecule has 0 atom stereocenters. The molecule has 1 fully saturated rings. The van der Waals surface area contributed by atoms with Crippen LogP contribution in [0.2, 0.25) is 0 Å². The van der Waals surface area contributed by atoms with Crippen molar-refractivity contribution in [2.75, 3.05) is 18.5 Å². The Bertz CT molecular complexity index is 1470. The number of anilines is 1. The van der Waals surface area contributed by atoms with Crippen LogP contribution in [-0.4, -0.2) is 35.1 Å². The van der Waals surface area contributed by atoms with Gasteiger partial charge in [0.15, 0.2) is 11.5 Å². The third-order valence-corrected chi connectivity index (χ3v) is 7.01. The number of benzene rings is 3. The standard InChI is InChI=1S/C28H22BrN3O5S/c1-2-36-24-13-18(11-12-23(24)37-17-20-8-4-3-7-19(20)15-30)14-25-27(34)32(28(35)38-25)16-26(33)31-22-10-6-5-9-21(22)29/h3-14H,2,16-17H2,1H3,(H,31,33)/b25-14+. The number of carbonyl (C=O) groups excluding carboxylic acids is 3. The fraction of sp³-hybridized carbons (Fsp3) is 0.143. The second-order valence-corrected chi connectivity index (χ2v) is 9.84. The van der Waals surface area contributed by atoms with E-state index in [2.05, 4.69) is 27.3 Å². The third kappa shape index (κ3) is 6.43. The first-order valence-electron chi connectivity index (χ1n) is 11.6. The Morgan fingerprint density at radius 1 is 1.08 bits per heavy atom. The van der Waals surface area contributed by atoms with Gasteiger partial charge in [-0.25, -0.2) is 0 Å². The molecule has 8 nitrogen and oxygen atoms in total. The zero-order valence-corrected chi connectivity index (χ0v) is 22.7. The van der Waals surface area contributed by atoms with E-state index in [-0.39, 0.29) is 11.5 Å². The summed E-state index contributed by atoms with van der Waals surface area (Å²) in [5, 5.41) is 11.5. The summed E-state index contributed by atoms with van der Waals surface area (Å²) in [6.07, 6.45) is 1.58. The lowest BCUT2D eigenvalue weighted by Gasteiger charge is -2.14. The van der Waals surface area contributed by atoms with Crippen molar-refractivity contribution >= 4 is 56.5 Å². The molecule has 10 heteroatoms. The van der Waals surface area contributed by atoms with Crippen LogP contribution in [0, 0.1) is 11.3 Å². The molecule has 1 heterocycles. The fourth-order valence-electron chi connectivity index (χ4n) is 3.60. The van der Waals surface area contributed by atoms with Crippen LogP contribution in [-0.2, 0) is 16.2 Å². The molecule has 0 saturated carbocycles. The van der Waals surface area contributed by atoms with Gasteiger partial charge in [-0.3, -0.25) is 19.3 Å². The minimum absolute atomic E-state index is 0.184. The van der Waals surface area contributed by atoms with E-state index in [1.165, 1.54) is 0 Å². The third-order valence-electron chi connectivity index (χ3n) is 5.41. The number of hydrogen-bond acceptors (Lipinski definition) is 7. The number of hydrogen-bond donors (Lipinski definition) is 1. The van der Waals surface area contributed by atoms with E-state index in [1.54, 1.807) is 54.6 Å². The maximum atomic E-state index is 12.9. The predicted octanol–water partition coefficient (Wildman–Crippen LogP) is 5.97. The first-order valence-corrected chi connectivity index (χ1v) is 13.2. The highest BCUT2D eigenvalue weighted by Gasteiger charge is 2.36. The first-order chi connectivity index (χ1) is 18.4. The molecule has 0 aliphatic carbocycles. The summed E-state index contributed by atoms with van der Waals surface area (Å²) >= 11 is 4.12. The lowest BCUT2D eigenvalue weighted by atomic mass is 10.1. The summed E-state index contributed by atoms with van der Waals surface area (Å²) in [6.45, 7) is 2.01. The van der Waals surface area contributed by atoms with Crippen molar-refractivity contribution in [3.63, 3.8) is 0 Å². The molecule has 1 N–H and O–H groups in total. The minimum atomic E-state index is -0.548. The van der Waals surface area contributed by atoms with E-state index in [9.17, 15) is 19.6 Å². The first kappa shape index (κ1) is 27.0. The Kier molecular flexibility index (Phi) is 8.84. The smallest absolute Gasteiger partial charge is 0.294 e. The summed E-state index contributed by atoms with van der Waals surface area (Å²) in [6, 6.07) is 21.5. The van der Waals surface area contributed by atoms with Crippen molar-refractivity contribution < 1.29 is 23.9 Å². The molecular weight excluding hydrogens is 570 g/mol. The predicted molar refractivity (Wildman–Crippen MR) is 149 cm³/mol.